The van der Waals surface area contributed by atoms with Gasteiger partial charge in [0.25, 0.3) is 0 Å². The summed E-state index contributed by atoms with van der Waals surface area (Å²) in [6.07, 6.45) is 2.31. The molecule has 6 nitrogen and oxygen atoms in total. The molecule has 1 fully saturated rings. The summed E-state index contributed by atoms with van der Waals surface area (Å²) < 4.78 is 0. The van der Waals surface area contributed by atoms with E-state index < -0.39 is 5.41 Å². The largest absolute Gasteiger partial charge is 0.395 e. The number of nitriles is 1. The fourth-order valence-electron chi connectivity index (χ4n) is 2.44. The third-order valence-corrected chi connectivity index (χ3v) is 3.64. The maximum atomic E-state index is 11.9. The molecule has 3 N–H and O–H groups in total. The van der Waals surface area contributed by atoms with Gasteiger partial charge in [0, 0.05) is 26.3 Å². The molecule has 0 spiro atoms. The van der Waals surface area contributed by atoms with Crippen molar-refractivity contribution in [1.29, 1.82) is 5.26 Å². The zero-order valence-electron chi connectivity index (χ0n) is 11.1. The van der Waals surface area contributed by atoms with Crippen molar-refractivity contribution in [3.8, 4) is 6.07 Å². The Kier molecular flexibility index (Phi) is 3.30. The van der Waals surface area contributed by atoms with Crippen LogP contribution in [0.25, 0.3) is 0 Å². The smallest absolute Gasteiger partial charge is 0.227 e. The van der Waals surface area contributed by atoms with E-state index in [2.05, 4.69) is 10.3 Å². The van der Waals surface area contributed by atoms with Crippen molar-refractivity contribution in [2.45, 2.75) is 13.3 Å². The van der Waals surface area contributed by atoms with Crippen LogP contribution in [0.4, 0.5) is 11.5 Å². The number of hydrogen-bond donors (Lipinski definition) is 2. The maximum absolute atomic E-state index is 11.9. The molecule has 1 unspecified atom stereocenters. The highest BCUT2D eigenvalue weighted by molar-refractivity contribution is 5.84. The van der Waals surface area contributed by atoms with E-state index in [-0.39, 0.29) is 5.91 Å². The monoisotopic (exact) mass is 259 g/mol. The van der Waals surface area contributed by atoms with Gasteiger partial charge in [0.2, 0.25) is 5.91 Å². The molecule has 1 aliphatic heterocycles. The molecule has 0 aromatic carbocycles. The third-order valence-electron chi connectivity index (χ3n) is 3.64. The number of nitrogens with two attached hydrogens (primary N) is 1. The van der Waals surface area contributed by atoms with Crippen molar-refractivity contribution >= 4 is 17.4 Å². The Morgan fingerprint density at radius 1 is 1.68 bits per heavy atom. The van der Waals surface area contributed by atoms with Gasteiger partial charge in [0.15, 0.2) is 5.82 Å². The molecule has 2 rings (SSSR count). The summed E-state index contributed by atoms with van der Waals surface area (Å²) >= 11 is 0. The number of amides is 1. The molecule has 0 aliphatic carbocycles. The van der Waals surface area contributed by atoms with E-state index in [1.54, 1.807) is 19.3 Å². The molecule has 1 aliphatic rings. The Morgan fingerprint density at radius 2 is 2.42 bits per heavy atom. The summed E-state index contributed by atoms with van der Waals surface area (Å²) in [5.74, 6) is 0.608. The Hall–Kier alpha value is -2.29. The van der Waals surface area contributed by atoms with E-state index in [9.17, 15) is 4.79 Å². The number of carbonyl (C=O) groups excluding carboxylic acids is 1. The molecule has 1 atom stereocenters. The SMILES string of the molecule is CNC(=O)C1(C)CCN(c2nccc(C#N)c2N)C1. The number of hydrogen-bond acceptors (Lipinski definition) is 5. The first-order valence-electron chi connectivity index (χ1n) is 6.13. The molecule has 19 heavy (non-hydrogen) atoms. The summed E-state index contributed by atoms with van der Waals surface area (Å²) in [6, 6.07) is 3.63. The van der Waals surface area contributed by atoms with Crippen LogP contribution < -0.4 is 16.0 Å². The van der Waals surface area contributed by atoms with Gasteiger partial charge >= 0.3 is 0 Å². The van der Waals surface area contributed by atoms with E-state index in [4.69, 9.17) is 11.0 Å². The number of anilines is 2. The molecule has 1 saturated heterocycles. The van der Waals surface area contributed by atoms with Gasteiger partial charge in [-0.25, -0.2) is 4.98 Å². The molecule has 2 heterocycles. The van der Waals surface area contributed by atoms with Crippen LogP contribution in [0.5, 0.6) is 0 Å². The molecule has 0 saturated carbocycles. The van der Waals surface area contributed by atoms with Gasteiger partial charge in [-0.05, 0) is 19.4 Å². The van der Waals surface area contributed by atoms with Gasteiger partial charge in [-0.1, -0.05) is 0 Å². The van der Waals surface area contributed by atoms with E-state index >= 15 is 0 Å². The number of nitrogens with zero attached hydrogens (tertiary/aromatic N) is 3. The van der Waals surface area contributed by atoms with E-state index in [1.165, 1.54) is 0 Å². The summed E-state index contributed by atoms with van der Waals surface area (Å²) in [6.45, 7) is 3.19. The van der Waals surface area contributed by atoms with E-state index in [0.717, 1.165) is 6.42 Å². The average molecular weight is 259 g/mol. The molecule has 6 heteroatoms. The second-order valence-electron chi connectivity index (χ2n) is 5.02. The minimum Gasteiger partial charge on any atom is -0.395 e. The normalized spacial score (nSPS) is 22.1. The predicted molar refractivity (Wildman–Crippen MR) is 72.4 cm³/mol. The first kappa shape index (κ1) is 13.1. The molecule has 0 radical (unpaired) electrons. The number of rotatable bonds is 2. The lowest BCUT2D eigenvalue weighted by Crippen LogP contribution is -2.39. The van der Waals surface area contributed by atoms with Gasteiger partial charge in [-0.15, -0.1) is 0 Å². The van der Waals surface area contributed by atoms with Crippen molar-refractivity contribution in [1.82, 2.24) is 10.3 Å². The van der Waals surface area contributed by atoms with Gasteiger partial charge in [0.1, 0.15) is 6.07 Å². The minimum atomic E-state index is -0.439. The lowest BCUT2D eigenvalue weighted by Gasteiger charge is -2.24. The van der Waals surface area contributed by atoms with E-state index in [1.807, 2.05) is 17.9 Å². The molecule has 100 valence electrons. The van der Waals surface area contributed by atoms with Crippen LogP contribution in [0.15, 0.2) is 12.3 Å². The highest BCUT2D eigenvalue weighted by Crippen LogP contribution is 2.35. The molecule has 1 amide bonds. The van der Waals surface area contributed by atoms with Gasteiger partial charge in [-0.2, -0.15) is 5.26 Å². The number of aromatic nitrogens is 1. The topological polar surface area (TPSA) is 95.0 Å². The van der Waals surface area contributed by atoms with Crippen LogP contribution in [-0.2, 0) is 4.79 Å². The summed E-state index contributed by atoms with van der Waals surface area (Å²) in [5.41, 5.74) is 6.30. The number of nitrogens with one attached hydrogen (secondary N) is 1. The van der Waals surface area contributed by atoms with Crippen LogP contribution in [0, 0.1) is 16.7 Å². The van der Waals surface area contributed by atoms with Crippen LogP contribution >= 0.6 is 0 Å². The summed E-state index contributed by atoms with van der Waals surface area (Å²) in [4.78, 5) is 18.1. The van der Waals surface area contributed by atoms with Crippen LogP contribution in [-0.4, -0.2) is 31.0 Å². The highest BCUT2D eigenvalue weighted by atomic mass is 16.2. The Balaban J connectivity index is 2.27. The third kappa shape index (κ3) is 2.19. The lowest BCUT2D eigenvalue weighted by molar-refractivity contribution is -0.128. The van der Waals surface area contributed by atoms with Crippen molar-refractivity contribution in [2.24, 2.45) is 5.41 Å². The highest BCUT2D eigenvalue weighted by Gasteiger charge is 2.40. The van der Waals surface area contributed by atoms with Crippen molar-refractivity contribution in [3.63, 3.8) is 0 Å². The van der Waals surface area contributed by atoms with E-state index in [0.29, 0.717) is 30.2 Å². The second kappa shape index (κ2) is 4.76. The number of carbonyl (C=O) groups is 1. The minimum absolute atomic E-state index is 0.0185. The quantitative estimate of drug-likeness (QED) is 0.806. The molecule has 0 bridgehead atoms. The maximum Gasteiger partial charge on any atom is 0.227 e. The van der Waals surface area contributed by atoms with Crippen molar-refractivity contribution in [2.75, 3.05) is 30.8 Å². The predicted octanol–water partition coefficient (Wildman–Crippen LogP) is 0.498. The van der Waals surface area contributed by atoms with Gasteiger partial charge < -0.3 is 16.0 Å². The fraction of sp³-hybridized carbons (Fsp3) is 0.462. The average Bonchev–Trinajstić information content (AvgIpc) is 2.82. The number of nitrogen functional groups attached to an aromatic ring is 1. The molecule has 1 aromatic rings. The lowest BCUT2D eigenvalue weighted by atomic mass is 9.89. The zero-order chi connectivity index (χ0) is 14.0. The van der Waals surface area contributed by atoms with Crippen LogP contribution in [0.1, 0.15) is 18.9 Å². The van der Waals surface area contributed by atoms with Crippen LogP contribution in [0.3, 0.4) is 0 Å². The second-order valence-corrected chi connectivity index (χ2v) is 5.02. The summed E-state index contributed by atoms with van der Waals surface area (Å²) in [7, 11) is 1.64. The Bertz CT molecular complexity index is 550. The summed E-state index contributed by atoms with van der Waals surface area (Å²) in [5, 5.41) is 11.7. The van der Waals surface area contributed by atoms with Crippen molar-refractivity contribution < 1.29 is 4.79 Å². The number of pyridine rings is 1. The zero-order valence-corrected chi connectivity index (χ0v) is 11.1. The van der Waals surface area contributed by atoms with Crippen LogP contribution in [0.2, 0.25) is 0 Å². The Labute approximate surface area is 112 Å². The fourth-order valence-corrected chi connectivity index (χ4v) is 2.44. The molecule has 1 aromatic heterocycles. The first-order chi connectivity index (χ1) is 9.01. The first-order valence-corrected chi connectivity index (χ1v) is 6.13. The molecular formula is C13H17N5O. The molecular weight excluding hydrogens is 242 g/mol. The van der Waals surface area contributed by atoms with Gasteiger partial charge in [0.05, 0.1) is 16.7 Å². The van der Waals surface area contributed by atoms with Crippen molar-refractivity contribution in [3.05, 3.63) is 17.8 Å². The standard InChI is InChI=1S/C13H17N5O/c1-13(12(19)16-2)4-6-18(8-13)11-10(15)9(7-14)3-5-17-11/h3,5H,4,6,8,15H2,1-2H3,(H,16,19). The Morgan fingerprint density at radius 3 is 3.05 bits per heavy atom. The van der Waals surface area contributed by atoms with Gasteiger partial charge in [-0.3, -0.25) is 4.79 Å².